The lowest BCUT2D eigenvalue weighted by molar-refractivity contribution is 0.578. The van der Waals surface area contributed by atoms with Gasteiger partial charge < -0.3 is 5.73 Å². The van der Waals surface area contributed by atoms with Gasteiger partial charge in [0.15, 0.2) is 0 Å². The highest BCUT2D eigenvalue weighted by atomic mass is 32.2. The smallest absolute Gasteiger partial charge is 0.245 e. The molecule has 0 amide bonds. The van der Waals surface area contributed by atoms with Crippen molar-refractivity contribution in [3.05, 3.63) is 41.8 Å². The molecule has 0 saturated carbocycles. The molecule has 0 unspecified atom stereocenters. The van der Waals surface area contributed by atoms with E-state index in [0.717, 1.165) is 6.20 Å². The van der Waals surface area contributed by atoms with E-state index in [-0.39, 0.29) is 29.5 Å². The van der Waals surface area contributed by atoms with E-state index in [1.54, 1.807) is 18.2 Å². The highest BCUT2D eigenvalue weighted by Crippen LogP contribution is 2.13. The van der Waals surface area contributed by atoms with Gasteiger partial charge in [-0.2, -0.15) is 5.10 Å². The van der Waals surface area contributed by atoms with Crippen LogP contribution in [0.1, 0.15) is 5.56 Å². The minimum Gasteiger partial charge on any atom is -0.383 e. The van der Waals surface area contributed by atoms with Crippen LogP contribution in [0.4, 0.5) is 10.2 Å². The molecule has 4 N–H and O–H groups in total. The summed E-state index contributed by atoms with van der Waals surface area (Å²) in [6.07, 6.45) is 1.38. The van der Waals surface area contributed by atoms with Gasteiger partial charge in [-0.15, -0.1) is 0 Å². The largest absolute Gasteiger partial charge is 0.383 e. The van der Waals surface area contributed by atoms with Gasteiger partial charge in [0.05, 0.1) is 6.20 Å². The van der Waals surface area contributed by atoms with Gasteiger partial charge in [-0.25, -0.2) is 17.5 Å². The number of benzene rings is 1. The average Bonchev–Trinajstić information content (AvgIpc) is 2.79. The Morgan fingerprint density at radius 3 is 2.74 bits per heavy atom. The highest BCUT2D eigenvalue weighted by molar-refractivity contribution is 7.89. The van der Waals surface area contributed by atoms with Gasteiger partial charge in [0.1, 0.15) is 16.5 Å². The molecule has 102 valence electrons. The van der Waals surface area contributed by atoms with Gasteiger partial charge >= 0.3 is 0 Å². The fraction of sp³-hybridized carbons (Fsp3) is 0.182. The number of sulfonamides is 1. The SMILES string of the molecule is Nc1[nH]ncc1S(=O)(=O)NCCc1ccccc1F. The zero-order chi connectivity index (χ0) is 13.9. The zero-order valence-corrected chi connectivity index (χ0v) is 10.7. The van der Waals surface area contributed by atoms with Crippen molar-refractivity contribution >= 4 is 15.8 Å². The summed E-state index contributed by atoms with van der Waals surface area (Å²) in [5, 5.41) is 5.88. The van der Waals surface area contributed by atoms with Crippen LogP contribution in [-0.4, -0.2) is 25.2 Å². The second-order valence-corrected chi connectivity index (χ2v) is 5.62. The summed E-state index contributed by atoms with van der Waals surface area (Å²) in [5.74, 6) is -0.386. The van der Waals surface area contributed by atoms with Crippen LogP contribution in [0, 0.1) is 5.82 Å². The fourth-order valence-electron chi connectivity index (χ4n) is 1.60. The Labute approximate surface area is 109 Å². The number of nitrogens with zero attached hydrogens (tertiary/aromatic N) is 1. The second kappa shape index (κ2) is 5.37. The number of nitrogens with one attached hydrogen (secondary N) is 2. The molecule has 0 saturated heterocycles. The average molecular weight is 284 g/mol. The first kappa shape index (κ1) is 13.5. The maximum Gasteiger partial charge on any atom is 0.245 e. The van der Waals surface area contributed by atoms with Crippen LogP contribution < -0.4 is 10.5 Å². The molecule has 19 heavy (non-hydrogen) atoms. The first-order valence-corrected chi connectivity index (χ1v) is 7.01. The lowest BCUT2D eigenvalue weighted by Gasteiger charge is -2.06. The van der Waals surface area contributed by atoms with E-state index in [2.05, 4.69) is 14.9 Å². The molecule has 0 fully saturated rings. The van der Waals surface area contributed by atoms with Crippen molar-refractivity contribution in [3.63, 3.8) is 0 Å². The van der Waals surface area contributed by atoms with E-state index < -0.39 is 10.0 Å². The molecule has 0 spiro atoms. The number of rotatable bonds is 5. The summed E-state index contributed by atoms with van der Waals surface area (Å²) in [6, 6.07) is 6.21. The number of nitrogens with two attached hydrogens (primary N) is 1. The minimum absolute atomic E-state index is 0.0293. The van der Waals surface area contributed by atoms with Crippen molar-refractivity contribution in [2.24, 2.45) is 0 Å². The third-order valence-electron chi connectivity index (χ3n) is 2.57. The molecule has 2 rings (SSSR count). The molecule has 1 aromatic carbocycles. The number of hydrogen-bond donors (Lipinski definition) is 3. The molecule has 0 aliphatic carbocycles. The van der Waals surface area contributed by atoms with Crippen molar-refractivity contribution in [1.82, 2.24) is 14.9 Å². The third kappa shape index (κ3) is 3.09. The van der Waals surface area contributed by atoms with Gasteiger partial charge in [0.25, 0.3) is 0 Å². The topological polar surface area (TPSA) is 101 Å². The zero-order valence-electron chi connectivity index (χ0n) is 9.93. The lowest BCUT2D eigenvalue weighted by Crippen LogP contribution is -2.26. The molecule has 0 radical (unpaired) electrons. The second-order valence-electron chi connectivity index (χ2n) is 3.89. The quantitative estimate of drug-likeness (QED) is 0.750. The van der Waals surface area contributed by atoms with E-state index in [9.17, 15) is 12.8 Å². The number of halogens is 1. The summed E-state index contributed by atoms with van der Waals surface area (Å²) in [6.45, 7) is 0.0773. The van der Waals surface area contributed by atoms with E-state index in [1.807, 2.05) is 0 Å². The van der Waals surface area contributed by atoms with Crippen molar-refractivity contribution in [1.29, 1.82) is 0 Å². The predicted octanol–water partition coefficient (Wildman–Crippen LogP) is 0.652. The molecule has 1 aromatic heterocycles. The lowest BCUT2D eigenvalue weighted by atomic mass is 10.1. The third-order valence-corrected chi connectivity index (χ3v) is 4.05. The number of aromatic amines is 1. The van der Waals surface area contributed by atoms with Crippen molar-refractivity contribution in [2.45, 2.75) is 11.3 Å². The van der Waals surface area contributed by atoms with Crippen LogP contribution in [-0.2, 0) is 16.4 Å². The number of H-pyrrole nitrogens is 1. The Morgan fingerprint density at radius 1 is 1.37 bits per heavy atom. The molecule has 0 aliphatic rings. The molecular weight excluding hydrogens is 271 g/mol. The highest BCUT2D eigenvalue weighted by Gasteiger charge is 2.18. The standard InChI is InChI=1S/C11H13FN4O2S/c12-9-4-2-1-3-8(9)5-6-15-19(17,18)10-7-14-16-11(10)13/h1-4,7,15H,5-6H2,(H3,13,14,16). The summed E-state index contributed by atoms with van der Waals surface area (Å²) >= 11 is 0. The van der Waals surface area contributed by atoms with Crippen LogP contribution in [0.5, 0.6) is 0 Å². The number of nitrogen functional groups attached to an aromatic ring is 1. The molecule has 8 heteroatoms. The first-order valence-electron chi connectivity index (χ1n) is 5.52. The van der Waals surface area contributed by atoms with Crippen LogP contribution in [0.3, 0.4) is 0 Å². The molecule has 0 bridgehead atoms. The molecular formula is C11H13FN4O2S. The van der Waals surface area contributed by atoms with Crippen LogP contribution in [0.25, 0.3) is 0 Å². The number of hydrogen-bond acceptors (Lipinski definition) is 4. The maximum atomic E-state index is 13.3. The van der Waals surface area contributed by atoms with Crippen molar-refractivity contribution < 1.29 is 12.8 Å². The maximum absolute atomic E-state index is 13.3. The van der Waals surface area contributed by atoms with Crippen LogP contribution in [0.2, 0.25) is 0 Å². The minimum atomic E-state index is -3.72. The molecule has 6 nitrogen and oxygen atoms in total. The summed E-state index contributed by atoms with van der Waals surface area (Å²) in [7, 11) is -3.72. The number of anilines is 1. The van der Waals surface area contributed by atoms with Gasteiger partial charge in [0.2, 0.25) is 10.0 Å². The normalized spacial score (nSPS) is 11.6. The van der Waals surface area contributed by atoms with Gasteiger partial charge in [0, 0.05) is 6.54 Å². The van der Waals surface area contributed by atoms with Crippen molar-refractivity contribution in [2.75, 3.05) is 12.3 Å². The summed E-state index contributed by atoms with van der Waals surface area (Å²) in [4.78, 5) is -0.110. The van der Waals surface area contributed by atoms with Gasteiger partial charge in [-0.05, 0) is 18.1 Å². The Morgan fingerprint density at radius 2 is 2.11 bits per heavy atom. The fourth-order valence-corrected chi connectivity index (χ4v) is 2.65. The first-order chi connectivity index (χ1) is 9.00. The van der Waals surface area contributed by atoms with E-state index in [4.69, 9.17) is 5.73 Å². The Kier molecular flexibility index (Phi) is 3.82. The predicted molar refractivity (Wildman–Crippen MR) is 68.3 cm³/mol. The monoisotopic (exact) mass is 284 g/mol. The van der Waals surface area contributed by atoms with Gasteiger partial charge in [-0.1, -0.05) is 18.2 Å². The summed E-state index contributed by atoms with van der Waals surface area (Å²) < 4.78 is 39.4. The molecule has 0 aliphatic heterocycles. The van der Waals surface area contributed by atoms with Crippen LogP contribution in [0.15, 0.2) is 35.4 Å². The Bertz CT molecular complexity index is 669. The van der Waals surface area contributed by atoms with Crippen LogP contribution >= 0.6 is 0 Å². The van der Waals surface area contributed by atoms with E-state index in [1.165, 1.54) is 6.07 Å². The Hall–Kier alpha value is -1.93. The molecule has 2 aromatic rings. The Balaban J connectivity index is 2.00. The molecule has 0 atom stereocenters. The van der Waals surface area contributed by atoms with E-state index in [0.29, 0.717) is 5.56 Å². The van der Waals surface area contributed by atoms with Gasteiger partial charge in [-0.3, -0.25) is 5.10 Å². The van der Waals surface area contributed by atoms with Crippen molar-refractivity contribution in [3.8, 4) is 0 Å². The number of aromatic nitrogens is 2. The summed E-state index contributed by atoms with van der Waals surface area (Å²) in [5.41, 5.74) is 5.89. The van der Waals surface area contributed by atoms with E-state index >= 15 is 0 Å². The molecule has 1 heterocycles.